The van der Waals surface area contributed by atoms with E-state index in [1.54, 1.807) is 6.20 Å². The molecule has 0 amide bonds. The molecule has 0 spiro atoms. The van der Waals surface area contributed by atoms with E-state index in [0.29, 0.717) is 5.69 Å². The summed E-state index contributed by atoms with van der Waals surface area (Å²) in [6.07, 6.45) is 1.65. The Hall–Kier alpha value is -1.90. The summed E-state index contributed by atoms with van der Waals surface area (Å²) in [4.78, 5) is 8.54. The summed E-state index contributed by atoms with van der Waals surface area (Å²) in [7, 11) is 0. The molecule has 0 saturated heterocycles. The number of anilines is 1. The molecule has 1 aromatic carbocycles. The molecule has 0 aliphatic carbocycles. The maximum absolute atomic E-state index is 5.67. The summed E-state index contributed by atoms with van der Waals surface area (Å²) in [6, 6.07) is 8.12. The van der Waals surface area contributed by atoms with Crippen LogP contribution >= 0.6 is 0 Å². The second-order valence-electron chi connectivity index (χ2n) is 3.60. The molecule has 2 N–H and O–H groups in total. The highest BCUT2D eigenvalue weighted by atomic mass is 14.9. The molecule has 1 heterocycles. The molecule has 0 aliphatic heterocycles. The van der Waals surface area contributed by atoms with Gasteiger partial charge in [0, 0.05) is 5.56 Å². The lowest BCUT2D eigenvalue weighted by Gasteiger charge is -2.03. The minimum Gasteiger partial charge on any atom is -0.396 e. The number of nitrogen functional groups attached to an aromatic ring is 1. The first-order chi connectivity index (χ1) is 7.16. The lowest BCUT2D eigenvalue weighted by atomic mass is 10.1. The molecule has 3 nitrogen and oxygen atoms in total. The van der Waals surface area contributed by atoms with Gasteiger partial charge in [0.2, 0.25) is 0 Å². The average Bonchev–Trinajstić information content (AvgIpc) is 2.23. The molecule has 76 valence electrons. The van der Waals surface area contributed by atoms with Crippen molar-refractivity contribution in [2.24, 2.45) is 0 Å². The zero-order chi connectivity index (χ0) is 10.8. The van der Waals surface area contributed by atoms with Gasteiger partial charge in [0.05, 0.1) is 17.6 Å². The van der Waals surface area contributed by atoms with Crippen LogP contribution < -0.4 is 5.73 Å². The topological polar surface area (TPSA) is 51.8 Å². The second-order valence-corrected chi connectivity index (χ2v) is 3.60. The maximum Gasteiger partial charge on any atom is 0.159 e. The van der Waals surface area contributed by atoms with Crippen LogP contribution in [0.3, 0.4) is 0 Å². The second kappa shape index (κ2) is 3.69. The molecule has 0 radical (unpaired) electrons. The van der Waals surface area contributed by atoms with Gasteiger partial charge in [-0.2, -0.15) is 0 Å². The zero-order valence-corrected chi connectivity index (χ0v) is 8.86. The molecule has 3 heteroatoms. The monoisotopic (exact) mass is 199 g/mol. The number of rotatable bonds is 1. The Morgan fingerprint density at radius 1 is 1.07 bits per heavy atom. The van der Waals surface area contributed by atoms with Gasteiger partial charge in [-0.3, -0.25) is 0 Å². The van der Waals surface area contributed by atoms with E-state index in [0.717, 1.165) is 17.1 Å². The van der Waals surface area contributed by atoms with Crippen LogP contribution in [0.2, 0.25) is 0 Å². The molecule has 0 fully saturated rings. The van der Waals surface area contributed by atoms with Crippen molar-refractivity contribution in [1.82, 2.24) is 9.97 Å². The summed E-state index contributed by atoms with van der Waals surface area (Å²) in [5.74, 6) is 0.724. The van der Waals surface area contributed by atoms with E-state index >= 15 is 0 Å². The molecule has 0 saturated carbocycles. The largest absolute Gasteiger partial charge is 0.396 e. The van der Waals surface area contributed by atoms with Crippen LogP contribution in [0.5, 0.6) is 0 Å². The number of nitrogens with zero attached hydrogens (tertiary/aromatic N) is 2. The van der Waals surface area contributed by atoms with E-state index in [1.165, 1.54) is 5.56 Å². The van der Waals surface area contributed by atoms with Gasteiger partial charge >= 0.3 is 0 Å². The van der Waals surface area contributed by atoms with Crippen molar-refractivity contribution in [2.75, 3.05) is 5.73 Å². The van der Waals surface area contributed by atoms with E-state index in [9.17, 15) is 0 Å². The lowest BCUT2D eigenvalue weighted by molar-refractivity contribution is 1.12. The van der Waals surface area contributed by atoms with Crippen LogP contribution in [0.4, 0.5) is 5.69 Å². The number of hydrogen-bond donors (Lipinski definition) is 1. The number of aryl methyl sites for hydroxylation is 2. The molecule has 0 bridgehead atoms. The number of nitrogens with two attached hydrogens (primary N) is 1. The predicted molar refractivity (Wildman–Crippen MR) is 61.4 cm³/mol. The fourth-order valence-corrected chi connectivity index (χ4v) is 1.32. The Morgan fingerprint density at radius 3 is 2.33 bits per heavy atom. The smallest absolute Gasteiger partial charge is 0.159 e. The van der Waals surface area contributed by atoms with Gasteiger partial charge in [0.15, 0.2) is 5.82 Å². The number of aromatic nitrogens is 2. The molecular formula is C12H13N3. The van der Waals surface area contributed by atoms with Crippen molar-refractivity contribution in [3.63, 3.8) is 0 Å². The SMILES string of the molecule is Cc1ccc(-c2ncc(N)c(C)n2)cc1. The van der Waals surface area contributed by atoms with Gasteiger partial charge in [0.1, 0.15) is 0 Å². The fraction of sp³-hybridized carbons (Fsp3) is 0.167. The summed E-state index contributed by atoms with van der Waals surface area (Å²) in [6.45, 7) is 3.94. The normalized spacial score (nSPS) is 10.3. The highest BCUT2D eigenvalue weighted by molar-refractivity contribution is 5.57. The first kappa shape index (κ1) is 9.65. The Morgan fingerprint density at radius 2 is 1.73 bits per heavy atom. The van der Waals surface area contributed by atoms with Crippen molar-refractivity contribution in [2.45, 2.75) is 13.8 Å². The highest BCUT2D eigenvalue weighted by Gasteiger charge is 2.02. The fourth-order valence-electron chi connectivity index (χ4n) is 1.32. The first-order valence-electron chi connectivity index (χ1n) is 4.83. The van der Waals surface area contributed by atoms with E-state index in [1.807, 2.05) is 31.2 Å². The van der Waals surface area contributed by atoms with E-state index < -0.39 is 0 Å². The van der Waals surface area contributed by atoms with Crippen molar-refractivity contribution >= 4 is 5.69 Å². The van der Waals surface area contributed by atoms with Crippen molar-refractivity contribution in [3.05, 3.63) is 41.7 Å². The minimum absolute atomic E-state index is 0.630. The summed E-state index contributed by atoms with van der Waals surface area (Å²) < 4.78 is 0. The zero-order valence-electron chi connectivity index (χ0n) is 8.86. The average molecular weight is 199 g/mol. The lowest BCUT2D eigenvalue weighted by Crippen LogP contribution is -1.97. The van der Waals surface area contributed by atoms with E-state index in [2.05, 4.69) is 16.9 Å². The summed E-state index contributed by atoms with van der Waals surface area (Å²) in [5, 5.41) is 0. The van der Waals surface area contributed by atoms with Crippen LogP contribution in [0, 0.1) is 13.8 Å². The highest BCUT2D eigenvalue weighted by Crippen LogP contribution is 2.17. The molecule has 0 aliphatic rings. The van der Waals surface area contributed by atoms with Gasteiger partial charge in [-0.1, -0.05) is 29.8 Å². The van der Waals surface area contributed by atoms with Crippen LogP contribution in [0.15, 0.2) is 30.5 Å². The van der Waals surface area contributed by atoms with Crippen molar-refractivity contribution < 1.29 is 0 Å². The Bertz CT molecular complexity index is 475. The molecule has 0 atom stereocenters. The predicted octanol–water partition coefficient (Wildman–Crippen LogP) is 2.34. The number of benzene rings is 1. The summed E-state index contributed by atoms with van der Waals surface area (Å²) >= 11 is 0. The van der Waals surface area contributed by atoms with Crippen LogP contribution in [-0.2, 0) is 0 Å². The Balaban J connectivity index is 2.45. The van der Waals surface area contributed by atoms with Gasteiger partial charge in [0.25, 0.3) is 0 Å². The van der Waals surface area contributed by atoms with E-state index in [-0.39, 0.29) is 0 Å². The molecule has 15 heavy (non-hydrogen) atoms. The van der Waals surface area contributed by atoms with Crippen LogP contribution in [-0.4, -0.2) is 9.97 Å². The third kappa shape index (κ3) is 1.96. The Kier molecular flexibility index (Phi) is 2.37. The van der Waals surface area contributed by atoms with E-state index in [4.69, 9.17) is 5.73 Å². The molecular weight excluding hydrogens is 186 g/mol. The van der Waals surface area contributed by atoms with Gasteiger partial charge in [-0.25, -0.2) is 9.97 Å². The molecule has 1 aromatic heterocycles. The standard InChI is InChI=1S/C12H13N3/c1-8-3-5-10(6-4-8)12-14-7-11(13)9(2)15-12/h3-7H,13H2,1-2H3. The van der Waals surface area contributed by atoms with Gasteiger partial charge in [-0.05, 0) is 13.8 Å². The minimum atomic E-state index is 0.630. The quantitative estimate of drug-likeness (QED) is 0.767. The van der Waals surface area contributed by atoms with Crippen LogP contribution in [0.1, 0.15) is 11.3 Å². The Labute approximate surface area is 89.0 Å². The molecule has 2 rings (SSSR count). The molecule has 2 aromatic rings. The van der Waals surface area contributed by atoms with Gasteiger partial charge < -0.3 is 5.73 Å². The third-order valence-corrected chi connectivity index (χ3v) is 2.33. The summed E-state index contributed by atoms with van der Waals surface area (Å²) in [5.41, 5.74) is 9.36. The number of hydrogen-bond acceptors (Lipinski definition) is 3. The van der Waals surface area contributed by atoms with Crippen molar-refractivity contribution in [1.29, 1.82) is 0 Å². The third-order valence-electron chi connectivity index (χ3n) is 2.33. The van der Waals surface area contributed by atoms with Crippen LogP contribution in [0.25, 0.3) is 11.4 Å². The molecule has 0 unspecified atom stereocenters. The van der Waals surface area contributed by atoms with Gasteiger partial charge in [-0.15, -0.1) is 0 Å². The van der Waals surface area contributed by atoms with Crippen molar-refractivity contribution in [3.8, 4) is 11.4 Å². The maximum atomic E-state index is 5.67. The first-order valence-corrected chi connectivity index (χ1v) is 4.83.